The summed E-state index contributed by atoms with van der Waals surface area (Å²) in [6, 6.07) is 2.53. The van der Waals surface area contributed by atoms with Crippen molar-refractivity contribution in [3.05, 3.63) is 12.1 Å². The summed E-state index contributed by atoms with van der Waals surface area (Å²) < 4.78 is 11.2. The highest BCUT2D eigenvalue weighted by Gasteiger charge is 2.43. The molecule has 0 spiro atoms. The van der Waals surface area contributed by atoms with Crippen molar-refractivity contribution >= 4 is 23.5 Å². The number of amides is 1. The summed E-state index contributed by atoms with van der Waals surface area (Å²) in [5, 5.41) is 0. The fourth-order valence-corrected chi connectivity index (χ4v) is 2.67. The first-order valence-electron chi connectivity index (χ1n) is 8.69. The van der Waals surface area contributed by atoms with Crippen molar-refractivity contribution in [2.75, 3.05) is 17.2 Å². The number of hydrogen-bond donors (Lipinski definition) is 1. The first-order chi connectivity index (χ1) is 11.8. The smallest absolute Gasteiger partial charge is 0.329 e. The van der Waals surface area contributed by atoms with Crippen LogP contribution in [0.25, 0.3) is 0 Å². The third-order valence-electron chi connectivity index (χ3n) is 3.96. The number of hydrogen-bond acceptors (Lipinski definition) is 6. The molecule has 1 aromatic rings. The Kier molecular flexibility index (Phi) is 5.87. The number of pyridine rings is 1. The number of anilines is 2. The van der Waals surface area contributed by atoms with Gasteiger partial charge < -0.3 is 15.2 Å². The summed E-state index contributed by atoms with van der Waals surface area (Å²) in [6.45, 7) is 9.85. The molecule has 0 radical (unpaired) electrons. The summed E-state index contributed by atoms with van der Waals surface area (Å²) in [5.74, 6) is 0.403. The molecule has 25 heavy (non-hydrogen) atoms. The van der Waals surface area contributed by atoms with E-state index < -0.39 is 18.1 Å². The molecule has 0 aliphatic carbocycles. The Balaban J connectivity index is 2.42. The largest absolute Gasteiger partial charge is 0.476 e. The normalized spacial score (nSPS) is 18.1. The summed E-state index contributed by atoms with van der Waals surface area (Å²) in [7, 11) is 0. The molecule has 2 unspecified atom stereocenters. The second-order valence-electron chi connectivity index (χ2n) is 7.00. The number of ether oxygens (including phenoxy) is 2. The van der Waals surface area contributed by atoms with Crippen LogP contribution in [-0.2, 0) is 14.3 Å². The molecule has 0 bridgehead atoms. The van der Waals surface area contributed by atoms with Crippen LogP contribution in [0.4, 0.5) is 11.6 Å². The van der Waals surface area contributed by atoms with Gasteiger partial charge in [0.15, 0.2) is 17.7 Å². The fourth-order valence-electron chi connectivity index (χ4n) is 2.67. The van der Waals surface area contributed by atoms with Gasteiger partial charge in [0.05, 0.1) is 6.61 Å². The number of nitrogens with two attached hydrogens (primary N) is 1. The van der Waals surface area contributed by atoms with Gasteiger partial charge in [0.25, 0.3) is 5.91 Å². The molecule has 2 rings (SSSR count). The third-order valence-corrected chi connectivity index (χ3v) is 3.96. The van der Waals surface area contributed by atoms with Gasteiger partial charge in [-0.3, -0.25) is 9.69 Å². The van der Waals surface area contributed by atoms with E-state index in [2.05, 4.69) is 4.98 Å². The molecule has 0 saturated heterocycles. The molecular weight excluding hydrogens is 322 g/mol. The molecule has 1 aliphatic rings. The maximum absolute atomic E-state index is 13.0. The van der Waals surface area contributed by atoms with E-state index in [1.54, 1.807) is 12.1 Å². The SMILES string of the molecule is CCC(C(=O)OCC(C)C)N1C(=O)C(C(C)C)Oc2ccc(N)nc21. The lowest BCUT2D eigenvalue weighted by molar-refractivity contribution is -0.148. The number of rotatable bonds is 6. The molecule has 7 nitrogen and oxygen atoms in total. The maximum Gasteiger partial charge on any atom is 0.329 e. The average molecular weight is 349 g/mol. The van der Waals surface area contributed by atoms with Crippen LogP contribution in [-0.4, -0.2) is 35.6 Å². The minimum Gasteiger partial charge on any atom is -0.476 e. The van der Waals surface area contributed by atoms with Crippen molar-refractivity contribution in [3.63, 3.8) is 0 Å². The van der Waals surface area contributed by atoms with E-state index in [0.717, 1.165) is 0 Å². The third kappa shape index (κ3) is 4.03. The van der Waals surface area contributed by atoms with Crippen molar-refractivity contribution in [2.45, 2.75) is 53.2 Å². The highest BCUT2D eigenvalue weighted by molar-refractivity contribution is 6.04. The van der Waals surface area contributed by atoms with Gasteiger partial charge in [-0.15, -0.1) is 0 Å². The Hall–Kier alpha value is -2.31. The number of carbonyl (C=O) groups is 2. The van der Waals surface area contributed by atoms with Crippen molar-refractivity contribution in [3.8, 4) is 5.75 Å². The first-order valence-corrected chi connectivity index (χ1v) is 8.69. The Bertz CT molecular complexity index is 645. The van der Waals surface area contributed by atoms with Crippen LogP contribution in [0.15, 0.2) is 12.1 Å². The molecule has 1 aromatic heterocycles. The molecule has 2 heterocycles. The molecule has 0 fully saturated rings. The van der Waals surface area contributed by atoms with Gasteiger partial charge >= 0.3 is 5.97 Å². The fraction of sp³-hybridized carbons (Fsp3) is 0.611. The number of esters is 1. The monoisotopic (exact) mass is 349 g/mol. The second kappa shape index (κ2) is 7.72. The van der Waals surface area contributed by atoms with Gasteiger partial charge in [0, 0.05) is 0 Å². The maximum atomic E-state index is 13.0. The lowest BCUT2D eigenvalue weighted by Gasteiger charge is -2.38. The number of nitrogen functional groups attached to an aromatic ring is 1. The quantitative estimate of drug-likeness (QED) is 0.793. The van der Waals surface area contributed by atoms with E-state index in [4.69, 9.17) is 15.2 Å². The summed E-state index contributed by atoms with van der Waals surface area (Å²) >= 11 is 0. The van der Waals surface area contributed by atoms with Gasteiger partial charge in [-0.05, 0) is 30.4 Å². The Labute approximate surface area is 148 Å². The minimum absolute atomic E-state index is 0.0510. The molecule has 0 aromatic carbocycles. The van der Waals surface area contributed by atoms with Gasteiger partial charge in [0.2, 0.25) is 0 Å². The predicted molar refractivity (Wildman–Crippen MR) is 95.3 cm³/mol. The van der Waals surface area contributed by atoms with Crippen molar-refractivity contribution in [1.82, 2.24) is 4.98 Å². The molecule has 0 saturated carbocycles. The lowest BCUT2D eigenvalue weighted by atomic mass is 10.0. The lowest BCUT2D eigenvalue weighted by Crippen LogP contribution is -2.55. The summed E-state index contributed by atoms with van der Waals surface area (Å²) in [4.78, 5) is 31.2. The summed E-state index contributed by atoms with van der Waals surface area (Å²) in [6.07, 6.45) is -0.270. The Morgan fingerprint density at radius 1 is 1.36 bits per heavy atom. The zero-order valence-electron chi connectivity index (χ0n) is 15.5. The van der Waals surface area contributed by atoms with Crippen LogP contribution < -0.4 is 15.4 Å². The van der Waals surface area contributed by atoms with Gasteiger partial charge in [-0.1, -0.05) is 34.6 Å². The zero-order valence-corrected chi connectivity index (χ0v) is 15.5. The number of fused-ring (bicyclic) bond motifs is 1. The van der Waals surface area contributed by atoms with Crippen LogP contribution in [0.3, 0.4) is 0 Å². The number of carbonyl (C=O) groups excluding carboxylic acids is 2. The molecule has 7 heteroatoms. The molecule has 138 valence electrons. The van der Waals surface area contributed by atoms with Crippen molar-refractivity contribution in [1.29, 1.82) is 0 Å². The molecule has 1 amide bonds. The van der Waals surface area contributed by atoms with E-state index in [9.17, 15) is 9.59 Å². The van der Waals surface area contributed by atoms with Crippen molar-refractivity contribution < 1.29 is 19.1 Å². The molecular formula is C18H27N3O4. The van der Waals surface area contributed by atoms with E-state index >= 15 is 0 Å². The zero-order chi connectivity index (χ0) is 18.7. The van der Waals surface area contributed by atoms with Crippen LogP contribution in [0, 0.1) is 11.8 Å². The number of nitrogens with zero attached hydrogens (tertiary/aromatic N) is 2. The minimum atomic E-state index is -0.760. The molecule has 2 N–H and O–H groups in total. The van der Waals surface area contributed by atoms with E-state index in [1.807, 2.05) is 34.6 Å². The van der Waals surface area contributed by atoms with Crippen LogP contribution in [0.1, 0.15) is 41.0 Å². The van der Waals surface area contributed by atoms with Crippen LogP contribution >= 0.6 is 0 Å². The highest BCUT2D eigenvalue weighted by atomic mass is 16.5. The highest BCUT2D eigenvalue weighted by Crippen LogP contribution is 2.36. The first kappa shape index (κ1) is 19.0. The van der Waals surface area contributed by atoms with Crippen LogP contribution in [0.5, 0.6) is 5.75 Å². The van der Waals surface area contributed by atoms with Gasteiger partial charge in [-0.2, -0.15) is 0 Å². The average Bonchev–Trinajstić information content (AvgIpc) is 2.55. The Morgan fingerprint density at radius 2 is 2.04 bits per heavy atom. The Morgan fingerprint density at radius 3 is 2.60 bits per heavy atom. The summed E-state index contributed by atoms with van der Waals surface area (Å²) in [5.41, 5.74) is 5.78. The molecule has 2 atom stereocenters. The predicted octanol–water partition coefficient (Wildman–Crippen LogP) is 2.39. The van der Waals surface area contributed by atoms with E-state index in [1.165, 1.54) is 4.90 Å². The van der Waals surface area contributed by atoms with Crippen LogP contribution in [0.2, 0.25) is 0 Å². The molecule has 1 aliphatic heterocycles. The van der Waals surface area contributed by atoms with E-state index in [-0.39, 0.29) is 29.4 Å². The van der Waals surface area contributed by atoms with Gasteiger partial charge in [0.1, 0.15) is 11.9 Å². The van der Waals surface area contributed by atoms with Crippen molar-refractivity contribution in [2.24, 2.45) is 11.8 Å². The van der Waals surface area contributed by atoms with Gasteiger partial charge in [-0.25, -0.2) is 9.78 Å². The second-order valence-corrected chi connectivity index (χ2v) is 7.00. The standard InChI is InChI=1S/C18H27N3O4/c1-6-12(18(23)24-9-10(2)3)21-16-13(7-8-14(19)20-16)25-15(11(4)5)17(21)22/h7-8,10-12,15H,6,9H2,1-5H3,(H2,19,20). The van der Waals surface area contributed by atoms with E-state index in [0.29, 0.717) is 18.8 Å². The topological polar surface area (TPSA) is 94.8 Å². The number of aromatic nitrogens is 1.